The van der Waals surface area contributed by atoms with Gasteiger partial charge in [0.25, 0.3) is 0 Å². The number of anilines is 1. The molecule has 0 N–H and O–H groups in total. The van der Waals surface area contributed by atoms with Gasteiger partial charge in [-0.2, -0.15) is 0 Å². The maximum Gasteiger partial charge on any atom is 0.242 e. The Labute approximate surface area is 220 Å². The fourth-order valence-electron chi connectivity index (χ4n) is 5.70. The lowest BCUT2D eigenvalue weighted by Crippen LogP contribution is -2.39. The molecule has 0 aromatic heterocycles. The zero-order valence-electron chi connectivity index (χ0n) is 21.5. The van der Waals surface area contributed by atoms with E-state index in [2.05, 4.69) is 136 Å². The number of hydrogen-bond acceptors (Lipinski definition) is 1. The van der Waals surface area contributed by atoms with E-state index in [1.165, 1.54) is 33.5 Å². The first-order valence-electron chi connectivity index (χ1n) is 12.7. The van der Waals surface area contributed by atoms with Crippen LogP contribution >= 0.6 is 22.6 Å². The molecule has 0 fully saturated rings. The number of hydrogen-bond donors (Lipinski definition) is 0. The molecule has 0 atom stereocenters. The van der Waals surface area contributed by atoms with E-state index in [1.807, 2.05) is 0 Å². The van der Waals surface area contributed by atoms with E-state index >= 15 is 0 Å². The van der Waals surface area contributed by atoms with Crippen molar-refractivity contribution in [3.63, 3.8) is 0 Å². The second-order valence-corrected chi connectivity index (χ2v) is 10.9. The fourth-order valence-corrected chi connectivity index (χ4v) is 6.60. The molecule has 2 aromatic carbocycles. The van der Waals surface area contributed by atoms with Crippen LogP contribution in [0.1, 0.15) is 70.4 Å². The summed E-state index contributed by atoms with van der Waals surface area (Å²) in [6.07, 6.45) is 9.37. The highest BCUT2D eigenvalue weighted by Crippen LogP contribution is 2.43. The molecule has 1 aliphatic carbocycles. The molecular weight excluding hydrogens is 524 g/mol. The van der Waals surface area contributed by atoms with Crippen LogP contribution in [0.25, 0.3) is 0 Å². The van der Waals surface area contributed by atoms with E-state index in [1.54, 1.807) is 16.6 Å². The number of allylic oxidation sites excluding steroid dienone is 8. The Morgan fingerprint density at radius 1 is 0.941 bits per heavy atom. The first-order valence-corrected chi connectivity index (χ1v) is 14.2. The summed E-state index contributed by atoms with van der Waals surface area (Å²) < 4.78 is 1.06. The van der Waals surface area contributed by atoms with Crippen LogP contribution in [-0.4, -0.2) is 18.2 Å². The summed E-state index contributed by atoms with van der Waals surface area (Å²) >= 11 is 2.58. The maximum absolute atomic E-state index is 2.58. The monoisotopic (exact) mass is 561 g/mol. The summed E-state index contributed by atoms with van der Waals surface area (Å²) in [5.74, 6) is 0.986. The van der Waals surface area contributed by atoms with Gasteiger partial charge in [-0.3, -0.25) is 0 Å². The maximum atomic E-state index is 2.58. The van der Waals surface area contributed by atoms with Crippen molar-refractivity contribution in [1.29, 1.82) is 0 Å². The van der Waals surface area contributed by atoms with Gasteiger partial charge in [-0.25, -0.2) is 0 Å². The van der Waals surface area contributed by atoms with Crippen molar-refractivity contribution in [2.75, 3.05) is 16.4 Å². The molecule has 34 heavy (non-hydrogen) atoms. The van der Waals surface area contributed by atoms with E-state index in [4.69, 9.17) is 0 Å². The fraction of sp³-hybridized carbons (Fsp3) is 0.355. The van der Waals surface area contributed by atoms with Gasteiger partial charge in [-0.1, -0.05) is 115 Å². The molecule has 1 aliphatic heterocycles. The summed E-state index contributed by atoms with van der Waals surface area (Å²) in [6, 6.07) is 17.8. The predicted octanol–water partition coefficient (Wildman–Crippen LogP) is 8.15. The predicted molar refractivity (Wildman–Crippen MR) is 160 cm³/mol. The van der Waals surface area contributed by atoms with Gasteiger partial charge in [0.15, 0.2) is 0 Å². The lowest BCUT2D eigenvalue weighted by atomic mass is 9.34. The molecular formula is C31H37BIN. The molecule has 0 radical (unpaired) electrons. The average Bonchev–Trinajstić information content (AvgIpc) is 3.15. The van der Waals surface area contributed by atoms with Gasteiger partial charge < -0.3 is 4.90 Å². The quantitative estimate of drug-likeness (QED) is 0.187. The zero-order valence-corrected chi connectivity index (χ0v) is 23.7. The molecule has 0 saturated heterocycles. The van der Waals surface area contributed by atoms with Crippen LogP contribution in [0.15, 0.2) is 94.5 Å². The molecule has 0 spiro atoms. The van der Waals surface area contributed by atoms with Gasteiger partial charge in [-0.15, -0.1) is 0 Å². The number of rotatable bonds is 7. The molecule has 2 aliphatic rings. The highest BCUT2D eigenvalue weighted by Gasteiger charge is 2.39. The third-order valence-corrected chi connectivity index (χ3v) is 8.16. The number of nitrogens with zero attached hydrogens (tertiary/aromatic N) is 1. The lowest BCUT2D eigenvalue weighted by Gasteiger charge is -2.29. The molecule has 3 heteroatoms. The van der Waals surface area contributed by atoms with Crippen LogP contribution in [0.4, 0.5) is 5.69 Å². The first kappa shape index (κ1) is 25.1. The van der Waals surface area contributed by atoms with E-state index in [9.17, 15) is 0 Å². The van der Waals surface area contributed by atoms with Gasteiger partial charge in [-0.05, 0) is 72.1 Å². The molecule has 0 unspecified atom stereocenters. The smallest absolute Gasteiger partial charge is 0.242 e. The van der Waals surface area contributed by atoms with Crippen LogP contribution in [0, 0.1) is 0 Å². The molecule has 2 aromatic rings. The van der Waals surface area contributed by atoms with Crippen LogP contribution in [0.5, 0.6) is 0 Å². The van der Waals surface area contributed by atoms with Gasteiger partial charge in [0.1, 0.15) is 0 Å². The Balaban J connectivity index is 1.94. The number of benzene rings is 2. The van der Waals surface area contributed by atoms with Gasteiger partial charge in [0, 0.05) is 22.9 Å². The summed E-state index contributed by atoms with van der Waals surface area (Å²) in [4.78, 5) is 2.38. The van der Waals surface area contributed by atoms with E-state index in [0.29, 0.717) is 18.5 Å². The highest BCUT2D eigenvalue weighted by atomic mass is 127. The minimum absolute atomic E-state index is 0.312. The van der Waals surface area contributed by atoms with E-state index in [-0.39, 0.29) is 0 Å². The first-order chi connectivity index (χ1) is 16.4. The SMILES string of the molecule is C/C=C\C1=C(CI)C2=C(C=C(N(C)c3ccccc3)CC2)B1c1c(C(C)C)cccc1C(C)C. The Morgan fingerprint density at radius 2 is 1.59 bits per heavy atom. The van der Waals surface area contributed by atoms with Gasteiger partial charge in [0.2, 0.25) is 6.71 Å². The Kier molecular flexibility index (Phi) is 7.92. The Bertz CT molecular complexity index is 1140. The summed E-state index contributed by atoms with van der Waals surface area (Å²) in [7, 11) is 2.22. The largest absolute Gasteiger partial charge is 0.348 e. The molecule has 176 valence electrons. The highest BCUT2D eigenvalue weighted by molar-refractivity contribution is 14.1. The zero-order chi connectivity index (χ0) is 24.4. The third-order valence-electron chi connectivity index (χ3n) is 7.40. The Hall–Kier alpha value is -2.01. The standard InChI is InChI=1S/C31H37BIN/c1-7-12-29-28(20-33)27-18-17-24(34(6)23-13-9-8-10-14-23)19-30(27)32(29)31-25(21(2)3)15-11-16-26(31)22(4)5/h7-16,19,21-22H,17-18,20H2,1-6H3/b12-7-. The van der Waals surface area contributed by atoms with Crippen molar-refractivity contribution in [3.05, 3.63) is 106 Å². The minimum Gasteiger partial charge on any atom is -0.348 e. The molecule has 1 heterocycles. The van der Waals surface area contributed by atoms with Crippen LogP contribution in [0.2, 0.25) is 0 Å². The molecule has 4 rings (SSSR count). The second-order valence-electron chi connectivity index (χ2n) is 10.1. The van der Waals surface area contributed by atoms with Crippen molar-refractivity contribution < 1.29 is 0 Å². The molecule has 0 saturated carbocycles. The van der Waals surface area contributed by atoms with Crippen LogP contribution in [0.3, 0.4) is 0 Å². The number of halogens is 1. The summed E-state index contributed by atoms with van der Waals surface area (Å²) in [5, 5.41) is 0. The summed E-state index contributed by atoms with van der Waals surface area (Å²) in [5.41, 5.74) is 13.4. The normalized spacial score (nSPS) is 16.3. The molecule has 0 amide bonds. The van der Waals surface area contributed by atoms with E-state index < -0.39 is 0 Å². The van der Waals surface area contributed by atoms with Crippen molar-refractivity contribution in [3.8, 4) is 0 Å². The van der Waals surface area contributed by atoms with Crippen LogP contribution < -0.4 is 10.4 Å². The molecule has 1 nitrogen and oxygen atoms in total. The Morgan fingerprint density at radius 3 is 2.15 bits per heavy atom. The number of para-hydroxylation sites is 1. The van der Waals surface area contributed by atoms with Crippen molar-refractivity contribution in [2.24, 2.45) is 0 Å². The van der Waals surface area contributed by atoms with Crippen molar-refractivity contribution in [1.82, 2.24) is 0 Å². The van der Waals surface area contributed by atoms with Crippen LogP contribution in [-0.2, 0) is 0 Å². The third kappa shape index (κ3) is 4.61. The minimum atomic E-state index is 0.312. The molecule has 0 bridgehead atoms. The van der Waals surface area contributed by atoms with Gasteiger partial charge in [0.05, 0.1) is 0 Å². The average molecular weight is 561 g/mol. The second kappa shape index (κ2) is 10.7. The lowest BCUT2D eigenvalue weighted by molar-refractivity contribution is 0.844. The topological polar surface area (TPSA) is 3.24 Å². The van der Waals surface area contributed by atoms with Gasteiger partial charge >= 0.3 is 0 Å². The number of alkyl halides is 1. The summed E-state index contributed by atoms with van der Waals surface area (Å²) in [6.45, 7) is 11.8. The van der Waals surface area contributed by atoms with E-state index in [0.717, 1.165) is 17.3 Å². The van der Waals surface area contributed by atoms with Crippen molar-refractivity contribution in [2.45, 2.75) is 59.3 Å². The van der Waals surface area contributed by atoms with Crippen molar-refractivity contribution >= 4 is 40.5 Å².